The molecule has 5 nitrogen and oxygen atoms in total. The molecule has 3 rings (SSSR count). The molecule has 162 valence electrons. The quantitative estimate of drug-likeness (QED) is 0.551. The Bertz CT molecular complexity index is 1170. The number of halogens is 3. The summed E-state index contributed by atoms with van der Waals surface area (Å²) in [4.78, 5) is 12.7. The lowest BCUT2D eigenvalue weighted by molar-refractivity contribution is -0.120. The van der Waals surface area contributed by atoms with E-state index >= 15 is 0 Å². The normalized spacial score (nSPS) is 12.3. The van der Waals surface area contributed by atoms with Gasteiger partial charge in [0.05, 0.1) is 21.6 Å². The van der Waals surface area contributed by atoms with Crippen molar-refractivity contribution in [1.82, 2.24) is 5.32 Å². The highest BCUT2D eigenvalue weighted by molar-refractivity contribution is 7.92. The molecule has 0 bridgehead atoms. The molecular formula is C22H19ClF2N2O3S. The monoisotopic (exact) mass is 464 g/mol. The summed E-state index contributed by atoms with van der Waals surface area (Å²) in [5.74, 6) is -1.72. The van der Waals surface area contributed by atoms with Crippen LogP contribution in [0.15, 0.2) is 77.7 Å². The van der Waals surface area contributed by atoms with Crippen molar-refractivity contribution in [1.29, 1.82) is 0 Å². The molecule has 3 aromatic rings. The Hall–Kier alpha value is -2.97. The van der Waals surface area contributed by atoms with Gasteiger partial charge in [0.15, 0.2) is 0 Å². The standard InChI is InChI=1S/C22H19ClF2N2O3S/c1-15(16-7-9-17(24)10-8-16)26-22(28)14-27(18-11-12-21(25)20(23)13-18)31(29,30)19-5-3-2-4-6-19/h2-13,15H,14H2,1H3,(H,26,28)/t15-/m0/s1. The zero-order chi connectivity index (χ0) is 22.6. The van der Waals surface area contributed by atoms with Crippen molar-refractivity contribution >= 4 is 33.2 Å². The molecular weight excluding hydrogens is 446 g/mol. The molecule has 1 N–H and O–H groups in total. The number of hydrogen-bond acceptors (Lipinski definition) is 3. The maximum Gasteiger partial charge on any atom is 0.264 e. The van der Waals surface area contributed by atoms with Crippen LogP contribution in [0.1, 0.15) is 18.5 Å². The van der Waals surface area contributed by atoms with Gasteiger partial charge < -0.3 is 5.32 Å². The van der Waals surface area contributed by atoms with Gasteiger partial charge in [-0.2, -0.15) is 0 Å². The van der Waals surface area contributed by atoms with Crippen molar-refractivity contribution in [3.05, 3.63) is 95.0 Å². The molecule has 31 heavy (non-hydrogen) atoms. The van der Waals surface area contributed by atoms with Gasteiger partial charge in [-0.25, -0.2) is 17.2 Å². The van der Waals surface area contributed by atoms with Crippen molar-refractivity contribution in [2.75, 3.05) is 10.8 Å². The summed E-state index contributed by atoms with van der Waals surface area (Å²) in [7, 11) is -4.14. The predicted octanol–water partition coefficient (Wildman–Crippen LogP) is 4.69. The van der Waals surface area contributed by atoms with Gasteiger partial charge in [0.2, 0.25) is 5.91 Å². The highest BCUT2D eigenvalue weighted by Crippen LogP contribution is 2.27. The molecule has 0 saturated heterocycles. The zero-order valence-corrected chi connectivity index (χ0v) is 18.0. The number of rotatable bonds is 7. The molecule has 0 aliphatic heterocycles. The fourth-order valence-corrected chi connectivity index (χ4v) is 4.54. The first-order valence-corrected chi connectivity index (χ1v) is 11.1. The van der Waals surface area contributed by atoms with E-state index in [0.717, 1.165) is 16.4 Å². The molecule has 9 heteroatoms. The number of nitrogens with one attached hydrogen (secondary N) is 1. The summed E-state index contributed by atoms with van der Waals surface area (Å²) in [5, 5.41) is 2.42. The summed E-state index contributed by atoms with van der Waals surface area (Å²) in [5.41, 5.74) is 0.692. The highest BCUT2D eigenvalue weighted by atomic mass is 35.5. The van der Waals surface area contributed by atoms with E-state index in [2.05, 4.69) is 5.32 Å². The fraction of sp³-hybridized carbons (Fsp3) is 0.136. The summed E-state index contributed by atoms with van der Waals surface area (Å²) in [6.07, 6.45) is 0. The average Bonchev–Trinajstić information content (AvgIpc) is 2.75. The van der Waals surface area contributed by atoms with Crippen LogP contribution >= 0.6 is 11.6 Å². The molecule has 1 atom stereocenters. The van der Waals surface area contributed by atoms with Crippen molar-refractivity contribution in [2.24, 2.45) is 0 Å². The topological polar surface area (TPSA) is 66.5 Å². The lowest BCUT2D eigenvalue weighted by Crippen LogP contribution is -2.41. The minimum absolute atomic E-state index is 0.0326. The van der Waals surface area contributed by atoms with E-state index in [9.17, 15) is 22.0 Å². The summed E-state index contributed by atoms with van der Waals surface area (Å²) in [6, 6.07) is 16.1. The fourth-order valence-electron chi connectivity index (χ4n) is 2.93. The third kappa shape index (κ3) is 5.39. The smallest absolute Gasteiger partial charge is 0.264 e. The zero-order valence-electron chi connectivity index (χ0n) is 16.4. The molecule has 0 aliphatic rings. The van der Waals surface area contributed by atoms with Gasteiger partial charge in [0, 0.05) is 0 Å². The van der Waals surface area contributed by atoms with Gasteiger partial charge in [0.1, 0.15) is 18.2 Å². The second kappa shape index (κ2) is 9.45. The third-order valence-corrected chi connectivity index (χ3v) is 6.63. The Morgan fingerprint density at radius 3 is 2.29 bits per heavy atom. The summed E-state index contributed by atoms with van der Waals surface area (Å²) < 4.78 is 54.1. The molecule has 0 saturated carbocycles. The third-order valence-electron chi connectivity index (χ3n) is 4.56. The molecule has 0 aliphatic carbocycles. The summed E-state index contributed by atoms with van der Waals surface area (Å²) >= 11 is 5.84. The second-order valence-electron chi connectivity index (χ2n) is 6.76. The Morgan fingerprint density at radius 2 is 1.68 bits per heavy atom. The van der Waals surface area contributed by atoms with E-state index in [1.54, 1.807) is 25.1 Å². The number of carbonyl (C=O) groups excluding carboxylic acids is 1. The molecule has 3 aromatic carbocycles. The SMILES string of the molecule is C[C@H](NC(=O)CN(c1ccc(F)c(Cl)c1)S(=O)(=O)c1ccccc1)c1ccc(F)cc1. The minimum atomic E-state index is -4.14. The van der Waals surface area contributed by atoms with Crippen molar-refractivity contribution in [3.63, 3.8) is 0 Å². The Morgan fingerprint density at radius 1 is 1.03 bits per heavy atom. The first-order valence-electron chi connectivity index (χ1n) is 9.26. The van der Waals surface area contributed by atoms with Crippen molar-refractivity contribution < 1.29 is 22.0 Å². The van der Waals surface area contributed by atoms with E-state index in [4.69, 9.17) is 11.6 Å². The Balaban J connectivity index is 1.90. The highest BCUT2D eigenvalue weighted by Gasteiger charge is 2.28. The van der Waals surface area contributed by atoms with Crippen LogP contribution < -0.4 is 9.62 Å². The van der Waals surface area contributed by atoms with Crippen LogP contribution in [-0.2, 0) is 14.8 Å². The van der Waals surface area contributed by atoms with Crippen LogP contribution in [-0.4, -0.2) is 20.9 Å². The van der Waals surface area contributed by atoms with Crippen molar-refractivity contribution in [3.8, 4) is 0 Å². The van der Waals surface area contributed by atoms with E-state index in [0.29, 0.717) is 5.56 Å². The van der Waals surface area contributed by atoms with Gasteiger partial charge >= 0.3 is 0 Å². The first-order chi connectivity index (χ1) is 14.7. The number of benzene rings is 3. The van der Waals surface area contributed by atoms with Crippen LogP contribution in [0.5, 0.6) is 0 Å². The van der Waals surface area contributed by atoms with E-state index in [1.165, 1.54) is 42.5 Å². The van der Waals surface area contributed by atoms with Crippen LogP contribution in [0.3, 0.4) is 0 Å². The maximum atomic E-state index is 13.6. The molecule has 0 radical (unpaired) electrons. The predicted molar refractivity (Wildman–Crippen MR) is 115 cm³/mol. The van der Waals surface area contributed by atoms with E-state index in [-0.39, 0.29) is 15.6 Å². The molecule has 0 aromatic heterocycles. The van der Waals surface area contributed by atoms with Gasteiger partial charge in [-0.15, -0.1) is 0 Å². The van der Waals surface area contributed by atoms with Crippen LogP contribution in [0, 0.1) is 11.6 Å². The van der Waals surface area contributed by atoms with Crippen molar-refractivity contribution in [2.45, 2.75) is 17.9 Å². The average molecular weight is 465 g/mol. The lowest BCUT2D eigenvalue weighted by Gasteiger charge is -2.25. The van der Waals surface area contributed by atoms with Gasteiger partial charge in [-0.3, -0.25) is 9.10 Å². The molecule has 1 amide bonds. The Kier molecular flexibility index (Phi) is 6.92. The minimum Gasteiger partial charge on any atom is -0.348 e. The largest absolute Gasteiger partial charge is 0.348 e. The molecule has 0 unspecified atom stereocenters. The van der Waals surface area contributed by atoms with Gasteiger partial charge in [0.25, 0.3) is 10.0 Å². The van der Waals surface area contributed by atoms with Crippen LogP contribution in [0.2, 0.25) is 5.02 Å². The van der Waals surface area contributed by atoms with Gasteiger partial charge in [-0.1, -0.05) is 41.9 Å². The van der Waals surface area contributed by atoms with E-state index < -0.39 is 40.2 Å². The molecule has 0 fully saturated rings. The number of carbonyl (C=O) groups is 1. The Labute approximate surface area is 184 Å². The maximum absolute atomic E-state index is 13.6. The number of hydrogen-bond donors (Lipinski definition) is 1. The summed E-state index contributed by atoms with van der Waals surface area (Å²) in [6.45, 7) is 1.13. The van der Waals surface area contributed by atoms with E-state index in [1.807, 2.05) is 0 Å². The van der Waals surface area contributed by atoms with Crippen LogP contribution in [0.4, 0.5) is 14.5 Å². The second-order valence-corrected chi connectivity index (χ2v) is 9.03. The molecule has 0 heterocycles. The lowest BCUT2D eigenvalue weighted by atomic mass is 10.1. The number of nitrogens with zero attached hydrogens (tertiary/aromatic N) is 1. The van der Waals surface area contributed by atoms with Gasteiger partial charge in [-0.05, 0) is 55.0 Å². The van der Waals surface area contributed by atoms with Crippen LogP contribution in [0.25, 0.3) is 0 Å². The number of amides is 1. The molecule has 0 spiro atoms. The number of anilines is 1. The number of sulfonamides is 1. The first kappa shape index (κ1) is 22.7.